The molecule has 6 heteroatoms. The first kappa shape index (κ1) is 16.4. The summed E-state index contributed by atoms with van der Waals surface area (Å²) >= 11 is 1.47. The lowest BCUT2D eigenvalue weighted by atomic mass is 10.1. The van der Waals surface area contributed by atoms with Crippen molar-refractivity contribution in [3.05, 3.63) is 51.9 Å². The Labute approximate surface area is 143 Å². The summed E-state index contributed by atoms with van der Waals surface area (Å²) in [6.45, 7) is 4.23. The van der Waals surface area contributed by atoms with Crippen LogP contribution in [0.5, 0.6) is 0 Å². The number of fused-ring (bicyclic) bond motifs is 1. The molecule has 0 fully saturated rings. The number of benzene rings is 1. The van der Waals surface area contributed by atoms with Gasteiger partial charge in [0.05, 0.1) is 5.39 Å². The second kappa shape index (κ2) is 6.57. The molecule has 0 bridgehead atoms. The predicted molar refractivity (Wildman–Crippen MR) is 97.2 cm³/mol. The van der Waals surface area contributed by atoms with Crippen LogP contribution in [0.1, 0.15) is 32.0 Å². The number of nitrogens with two attached hydrogens (primary N) is 1. The smallest absolute Gasteiger partial charge is 0.262 e. The van der Waals surface area contributed by atoms with Crippen LogP contribution in [0.25, 0.3) is 21.3 Å². The molecule has 3 rings (SSSR count). The zero-order chi connectivity index (χ0) is 17.3. The van der Waals surface area contributed by atoms with E-state index in [-0.39, 0.29) is 24.4 Å². The molecule has 2 N–H and O–H groups in total. The van der Waals surface area contributed by atoms with Crippen molar-refractivity contribution in [2.75, 3.05) is 0 Å². The Hall–Kier alpha value is -2.47. The number of primary amides is 1. The number of carbonyl (C=O) groups excluding carboxylic acids is 1. The van der Waals surface area contributed by atoms with Crippen LogP contribution >= 0.6 is 11.3 Å². The lowest BCUT2D eigenvalue weighted by molar-refractivity contribution is -0.118. The van der Waals surface area contributed by atoms with Crippen LogP contribution in [0.4, 0.5) is 0 Å². The first-order valence-corrected chi connectivity index (χ1v) is 8.72. The van der Waals surface area contributed by atoms with Gasteiger partial charge in [-0.15, -0.1) is 11.3 Å². The van der Waals surface area contributed by atoms with Gasteiger partial charge >= 0.3 is 0 Å². The molecule has 3 aromatic rings. The number of aromatic nitrogens is 2. The molecule has 1 aromatic carbocycles. The van der Waals surface area contributed by atoms with Crippen LogP contribution < -0.4 is 11.3 Å². The number of hydrogen-bond donors (Lipinski definition) is 1. The molecule has 2 aromatic heterocycles. The molecule has 0 radical (unpaired) electrons. The number of nitrogens with zero attached hydrogens (tertiary/aromatic N) is 2. The summed E-state index contributed by atoms with van der Waals surface area (Å²) in [7, 11) is 0. The number of amides is 1. The van der Waals surface area contributed by atoms with Gasteiger partial charge < -0.3 is 5.73 Å². The minimum atomic E-state index is -0.426. The Morgan fingerprint density at radius 2 is 2.00 bits per heavy atom. The quantitative estimate of drug-likeness (QED) is 0.774. The maximum absolute atomic E-state index is 13.1. The Kier molecular flexibility index (Phi) is 4.49. The van der Waals surface area contributed by atoms with Gasteiger partial charge in [0.25, 0.3) is 5.56 Å². The van der Waals surface area contributed by atoms with Gasteiger partial charge in [-0.05, 0) is 5.56 Å². The fourth-order valence-electron chi connectivity index (χ4n) is 2.75. The molecular weight excluding hydrogens is 322 g/mol. The largest absolute Gasteiger partial charge is 0.370 e. The van der Waals surface area contributed by atoms with Crippen molar-refractivity contribution in [3.8, 4) is 11.1 Å². The summed E-state index contributed by atoms with van der Waals surface area (Å²) in [6, 6.07) is 9.79. The second-order valence-electron chi connectivity index (χ2n) is 5.99. The van der Waals surface area contributed by atoms with Gasteiger partial charge in [-0.1, -0.05) is 44.2 Å². The molecule has 1 amide bonds. The van der Waals surface area contributed by atoms with E-state index in [1.807, 2.05) is 49.6 Å². The van der Waals surface area contributed by atoms with Crippen LogP contribution in [0, 0.1) is 0 Å². The molecule has 5 nitrogen and oxygen atoms in total. The van der Waals surface area contributed by atoms with Gasteiger partial charge in [0.15, 0.2) is 0 Å². The maximum Gasteiger partial charge on any atom is 0.262 e. The Morgan fingerprint density at radius 3 is 2.62 bits per heavy atom. The summed E-state index contributed by atoms with van der Waals surface area (Å²) in [5.41, 5.74) is 7.02. The second-order valence-corrected chi connectivity index (χ2v) is 6.85. The molecule has 2 heterocycles. The van der Waals surface area contributed by atoms with Gasteiger partial charge in [0.1, 0.15) is 10.7 Å². The van der Waals surface area contributed by atoms with E-state index < -0.39 is 5.91 Å². The van der Waals surface area contributed by atoms with Gasteiger partial charge in [0.2, 0.25) is 5.91 Å². The Morgan fingerprint density at radius 1 is 1.29 bits per heavy atom. The minimum absolute atomic E-state index is 0.0808. The monoisotopic (exact) mass is 341 g/mol. The van der Waals surface area contributed by atoms with Crippen molar-refractivity contribution in [2.45, 2.75) is 32.7 Å². The molecule has 0 saturated heterocycles. The highest BCUT2D eigenvalue weighted by Gasteiger charge is 2.18. The lowest BCUT2D eigenvalue weighted by Gasteiger charge is -2.14. The van der Waals surface area contributed by atoms with E-state index in [1.54, 1.807) is 4.57 Å². The summed E-state index contributed by atoms with van der Waals surface area (Å²) in [6.07, 6.45) is 0.123. The predicted octanol–water partition coefficient (Wildman–Crippen LogP) is 3.12. The van der Waals surface area contributed by atoms with Crippen LogP contribution in [0.2, 0.25) is 0 Å². The van der Waals surface area contributed by atoms with Crippen molar-refractivity contribution in [2.24, 2.45) is 5.73 Å². The van der Waals surface area contributed by atoms with Crippen molar-refractivity contribution < 1.29 is 4.79 Å². The number of hydrogen-bond acceptors (Lipinski definition) is 4. The van der Waals surface area contributed by atoms with Crippen molar-refractivity contribution in [1.82, 2.24) is 9.55 Å². The van der Waals surface area contributed by atoms with Crippen LogP contribution in [-0.4, -0.2) is 15.5 Å². The number of carbonyl (C=O) groups is 1. The minimum Gasteiger partial charge on any atom is -0.370 e. The number of rotatable bonds is 5. The third-order valence-corrected chi connectivity index (χ3v) is 4.78. The molecule has 0 unspecified atom stereocenters. The van der Waals surface area contributed by atoms with Gasteiger partial charge in [0, 0.05) is 29.8 Å². The van der Waals surface area contributed by atoms with Crippen LogP contribution in [-0.2, 0) is 11.3 Å². The van der Waals surface area contributed by atoms with Crippen molar-refractivity contribution in [1.29, 1.82) is 0 Å². The van der Waals surface area contributed by atoms with E-state index in [1.165, 1.54) is 11.3 Å². The summed E-state index contributed by atoms with van der Waals surface area (Å²) in [5, 5.41) is 2.58. The first-order chi connectivity index (χ1) is 11.5. The Balaban J connectivity index is 2.24. The van der Waals surface area contributed by atoms with E-state index in [0.717, 1.165) is 16.0 Å². The van der Waals surface area contributed by atoms with Gasteiger partial charge in [-0.3, -0.25) is 14.2 Å². The topological polar surface area (TPSA) is 78.0 Å². The molecule has 0 spiro atoms. The Bertz CT molecular complexity index is 942. The lowest BCUT2D eigenvalue weighted by Crippen LogP contribution is -2.28. The average Bonchev–Trinajstić information content (AvgIpc) is 2.98. The van der Waals surface area contributed by atoms with E-state index in [2.05, 4.69) is 4.98 Å². The van der Waals surface area contributed by atoms with Gasteiger partial charge in [-0.25, -0.2) is 4.98 Å². The van der Waals surface area contributed by atoms with Crippen LogP contribution in [0.15, 0.2) is 40.5 Å². The van der Waals surface area contributed by atoms with Crippen molar-refractivity contribution in [3.63, 3.8) is 0 Å². The van der Waals surface area contributed by atoms with E-state index in [9.17, 15) is 9.59 Å². The fourth-order valence-corrected chi connectivity index (χ4v) is 3.69. The highest BCUT2D eigenvalue weighted by Crippen LogP contribution is 2.31. The zero-order valence-electron chi connectivity index (χ0n) is 13.7. The molecule has 0 aliphatic carbocycles. The summed E-state index contributed by atoms with van der Waals surface area (Å²) < 4.78 is 1.59. The van der Waals surface area contributed by atoms with Gasteiger partial charge in [-0.2, -0.15) is 0 Å². The van der Waals surface area contributed by atoms with E-state index in [4.69, 9.17) is 5.73 Å². The molecule has 0 aliphatic heterocycles. The third-order valence-electron chi connectivity index (χ3n) is 3.91. The highest BCUT2D eigenvalue weighted by molar-refractivity contribution is 7.17. The van der Waals surface area contributed by atoms with Crippen molar-refractivity contribution >= 4 is 27.5 Å². The summed E-state index contributed by atoms with van der Waals surface area (Å²) in [4.78, 5) is 29.7. The molecular formula is C18H19N3O2S. The third kappa shape index (κ3) is 2.97. The molecule has 124 valence electrons. The fraction of sp³-hybridized carbons (Fsp3) is 0.278. The average molecular weight is 341 g/mol. The molecule has 0 aliphatic rings. The SMILES string of the molecule is CC(C)c1nc2scc(-c3ccccc3)c2c(=O)n1CCC(N)=O. The molecule has 0 saturated carbocycles. The summed E-state index contributed by atoms with van der Waals surface area (Å²) in [5.74, 6) is 0.345. The van der Waals surface area contributed by atoms with E-state index >= 15 is 0 Å². The number of thiophene rings is 1. The molecule has 0 atom stereocenters. The van der Waals surface area contributed by atoms with E-state index in [0.29, 0.717) is 11.2 Å². The highest BCUT2D eigenvalue weighted by atomic mass is 32.1. The standard InChI is InChI=1S/C18H19N3O2S/c1-11(2)16-20-17-15(18(23)21(16)9-8-14(19)22)13(10-24-17)12-6-4-3-5-7-12/h3-7,10-11H,8-9H2,1-2H3,(H2,19,22). The normalized spacial score (nSPS) is 11.3. The van der Waals surface area contributed by atoms with Crippen LogP contribution in [0.3, 0.4) is 0 Å². The maximum atomic E-state index is 13.1. The first-order valence-electron chi connectivity index (χ1n) is 7.84. The molecule has 24 heavy (non-hydrogen) atoms. The zero-order valence-corrected chi connectivity index (χ0v) is 14.5.